The second kappa shape index (κ2) is 9.25. The van der Waals surface area contributed by atoms with Crippen LogP contribution in [0, 0.1) is 0 Å². The molecule has 2 heterocycles. The third kappa shape index (κ3) is 3.54. The van der Waals surface area contributed by atoms with Crippen LogP contribution in [-0.2, 0) is 0 Å². The molecule has 9 aromatic rings. The summed E-state index contributed by atoms with van der Waals surface area (Å²) in [5.41, 5.74) is 7.00. The fourth-order valence-corrected chi connectivity index (χ4v) is 7.46. The van der Waals surface area contributed by atoms with Crippen LogP contribution in [-0.4, -0.2) is 4.98 Å². The Morgan fingerprint density at radius 2 is 0.978 bits per heavy atom. The summed E-state index contributed by atoms with van der Waals surface area (Å²) < 4.78 is 6.73. The minimum Gasteiger partial charge on any atom is -0.456 e. The first-order valence-electron chi connectivity index (χ1n) is 15.4. The van der Waals surface area contributed by atoms with Crippen molar-refractivity contribution >= 4 is 53.9 Å². The monoisotopic (exact) mass is 571 g/mol. The quantitative estimate of drug-likeness (QED) is 0.193. The Bertz CT molecular complexity index is 2670. The molecule has 0 N–H and O–H groups in total. The molecule has 2 nitrogen and oxygen atoms in total. The number of ether oxygens (including phenoxy) is 1. The van der Waals surface area contributed by atoms with Crippen molar-refractivity contribution in [3.63, 3.8) is 0 Å². The van der Waals surface area contributed by atoms with Crippen LogP contribution in [0.15, 0.2) is 152 Å². The van der Waals surface area contributed by atoms with Crippen molar-refractivity contribution < 1.29 is 4.74 Å². The Labute approximate surface area is 259 Å². The maximum atomic E-state index is 6.73. The predicted molar refractivity (Wildman–Crippen MR) is 188 cm³/mol. The molecule has 0 saturated carbocycles. The van der Waals surface area contributed by atoms with E-state index >= 15 is 0 Å². The largest absolute Gasteiger partial charge is 0.456 e. The number of pyridine rings is 1. The number of aromatic nitrogens is 1. The van der Waals surface area contributed by atoms with Gasteiger partial charge in [0, 0.05) is 34.3 Å². The third-order valence-corrected chi connectivity index (χ3v) is 9.50. The van der Waals surface area contributed by atoms with Gasteiger partial charge in [-0.25, -0.2) is 0 Å². The summed E-state index contributed by atoms with van der Waals surface area (Å²) >= 11 is 0. The summed E-state index contributed by atoms with van der Waals surface area (Å²) in [5.74, 6) is 1.74. The molecule has 0 atom stereocenters. The average Bonchev–Trinajstić information content (AvgIpc) is 3.11. The van der Waals surface area contributed by atoms with E-state index in [2.05, 4.69) is 145 Å². The smallest absolute Gasteiger partial charge is 0.136 e. The number of nitrogens with zero attached hydrogens (tertiary/aromatic N) is 1. The molecular weight excluding hydrogens is 546 g/mol. The van der Waals surface area contributed by atoms with Crippen molar-refractivity contribution in [1.82, 2.24) is 4.98 Å². The number of rotatable bonds is 2. The van der Waals surface area contributed by atoms with Crippen molar-refractivity contribution in [3.05, 3.63) is 152 Å². The molecule has 0 saturated heterocycles. The van der Waals surface area contributed by atoms with Crippen molar-refractivity contribution in [2.75, 3.05) is 0 Å². The van der Waals surface area contributed by atoms with Gasteiger partial charge < -0.3 is 4.74 Å². The minimum atomic E-state index is 0.859. The zero-order chi connectivity index (χ0) is 29.5. The number of fused-ring (bicyclic) bond motifs is 9. The summed E-state index contributed by atoms with van der Waals surface area (Å²) in [5, 5.41) is 12.1. The number of hydrogen-bond donors (Lipinski definition) is 0. The van der Waals surface area contributed by atoms with E-state index in [4.69, 9.17) is 4.74 Å². The van der Waals surface area contributed by atoms with E-state index in [1.54, 1.807) is 0 Å². The highest BCUT2D eigenvalue weighted by atomic mass is 16.5. The van der Waals surface area contributed by atoms with Crippen molar-refractivity contribution in [1.29, 1.82) is 0 Å². The van der Waals surface area contributed by atoms with Crippen LogP contribution >= 0.6 is 0 Å². The van der Waals surface area contributed by atoms with Gasteiger partial charge in [-0.15, -0.1) is 0 Å². The topological polar surface area (TPSA) is 22.1 Å². The van der Waals surface area contributed by atoms with Crippen molar-refractivity contribution in [2.45, 2.75) is 0 Å². The van der Waals surface area contributed by atoms with E-state index in [1.807, 2.05) is 12.4 Å². The molecule has 8 aromatic carbocycles. The number of benzene rings is 8. The molecule has 0 unspecified atom stereocenters. The molecule has 0 bridgehead atoms. The van der Waals surface area contributed by atoms with Crippen LogP contribution in [0.2, 0.25) is 0 Å². The van der Waals surface area contributed by atoms with Crippen LogP contribution in [0.25, 0.3) is 87.2 Å². The Hall–Kier alpha value is -5.99. The Balaban J connectivity index is 1.23. The van der Waals surface area contributed by atoms with Crippen LogP contribution in [0.5, 0.6) is 11.5 Å². The molecule has 208 valence electrons. The second-order valence-corrected chi connectivity index (χ2v) is 11.9. The summed E-state index contributed by atoms with van der Waals surface area (Å²) in [6.45, 7) is 0. The minimum absolute atomic E-state index is 0.859. The van der Waals surface area contributed by atoms with E-state index in [0.29, 0.717) is 0 Å². The molecule has 10 rings (SSSR count). The summed E-state index contributed by atoms with van der Waals surface area (Å²) in [4.78, 5) is 4.67. The first-order valence-corrected chi connectivity index (χ1v) is 15.4. The fraction of sp³-hybridized carbons (Fsp3) is 0. The Kier molecular flexibility index (Phi) is 5.03. The average molecular weight is 572 g/mol. The molecule has 45 heavy (non-hydrogen) atoms. The number of hydrogen-bond acceptors (Lipinski definition) is 2. The fourth-order valence-electron chi connectivity index (χ4n) is 7.46. The lowest BCUT2D eigenvalue weighted by Crippen LogP contribution is -1.99. The van der Waals surface area contributed by atoms with Gasteiger partial charge in [-0.2, -0.15) is 0 Å². The van der Waals surface area contributed by atoms with E-state index in [9.17, 15) is 0 Å². The zero-order valence-electron chi connectivity index (χ0n) is 24.3. The molecule has 1 aliphatic heterocycles. The van der Waals surface area contributed by atoms with Gasteiger partial charge in [0.05, 0.1) is 0 Å². The van der Waals surface area contributed by atoms with E-state index in [1.165, 1.54) is 54.4 Å². The SMILES string of the molecule is c1ccc(-c2cc3c4ccccc4c(-c4ccc5c(c4)Oc4cc6ccccc6c6cncc-5c46)cc3c3ccccc23)cc1. The molecule has 1 aromatic heterocycles. The first-order chi connectivity index (χ1) is 22.3. The summed E-state index contributed by atoms with van der Waals surface area (Å²) in [7, 11) is 0. The highest BCUT2D eigenvalue weighted by Crippen LogP contribution is 2.50. The molecule has 0 fully saturated rings. The van der Waals surface area contributed by atoms with Gasteiger partial charge in [0.15, 0.2) is 0 Å². The van der Waals surface area contributed by atoms with Crippen LogP contribution in [0.1, 0.15) is 0 Å². The third-order valence-electron chi connectivity index (χ3n) is 9.50. The maximum Gasteiger partial charge on any atom is 0.136 e. The van der Waals surface area contributed by atoms with E-state index in [0.717, 1.165) is 44.3 Å². The first kappa shape index (κ1) is 24.5. The maximum absolute atomic E-state index is 6.73. The second-order valence-electron chi connectivity index (χ2n) is 11.9. The van der Waals surface area contributed by atoms with Crippen LogP contribution in [0.4, 0.5) is 0 Å². The van der Waals surface area contributed by atoms with Crippen LogP contribution < -0.4 is 4.74 Å². The zero-order valence-corrected chi connectivity index (χ0v) is 24.3. The predicted octanol–water partition coefficient (Wildman–Crippen LogP) is 12.0. The van der Waals surface area contributed by atoms with Crippen LogP contribution in [0.3, 0.4) is 0 Å². The molecule has 0 radical (unpaired) electrons. The van der Waals surface area contributed by atoms with Gasteiger partial charge in [-0.1, -0.05) is 109 Å². The molecule has 0 aliphatic carbocycles. The van der Waals surface area contributed by atoms with Gasteiger partial charge >= 0.3 is 0 Å². The molecule has 2 heteroatoms. The van der Waals surface area contributed by atoms with Gasteiger partial charge in [0.2, 0.25) is 0 Å². The lowest BCUT2D eigenvalue weighted by atomic mass is 9.87. The highest BCUT2D eigenvalue weighted by molar-refractivity contribution is 6.24. The Morgan fingerprint density at radius 3 is 1.71 bits per heavy atom. The molecule has 0 amide bonds. The van der Waals surface area contributed by atoms with Gasteiger partial charge in [0.1, 0.15) is 11.5 Å². The Morgan fingerprint density at radius 1 is 0.356 bits per heavy atom. The highest BCUT2D eigenvalue weighted by Gasteiger charge is 2.23. The van der Waals surface area contributed by atoms with E-state index in [-0.39, 0.29) is 0 Å². The van der Waals surface area contributed by atoms with Gasteiger partial charge in [0.25, 0.3) is 0 Å². The van der Waals surface area contributed by atoms with Crippen molar-refractivity contribution in [2.24, 2.45) is 0 Å². The van der Waals surface area contributed by atoms with E-state index < -0.39 is 0 Å². The molecule has 0 spiro atoms. The van der Waals surface area contributed by atoms with Crippen molar-refractivity contribution in [3.8, 4) is 44.9 Å². The molecule has 1 aliphatic rings. The summed E-state index contributed by atoms with van der Waals surface area (Å²) in [6, 6.07) is 50.3. The van der Waals surface area contributed by atoms with Gasteiger partial charge in [-0.05, 0) is 95.7 Å². The normalized spacial score (nSPS) is 12.2. The lowest BCUT2D eigenvalue weighted by Gasteiger charge is -2.23. The standard InChI is InChI=1S/C43H25NO/c1-2-10-26(11-3-1)35-22-37-33-17-9-7-15-31(33)36(23-38(37)32-16-8-6-14-30(32)35)28-18-19-34-40-25-44-24-39-29-13-5-4-12-27(29)21-42(43(39)40)45-41(34)20-28/h1-25H. The lowest BCUT2D eigenvalue weighted by molar-refractivity contribution is 0.488. The molecular formula is C43H25NO. The summed E-state index contributed by atoms with van der Waals surface area (Å²) in [6.07, 6.45) is 3.94. The van der Waals surface area contributed by atoms with Gasteiger partial charge in [-0.3, -0.25) is 4.98 Å².